The second kappa shape index (κ2) is 7.77. The van der Waals surface area contributed by atoms with Crippen LogP contribution in [0.5, 0.6) is 0 Å². The highest BCUT2D eigenvalue weighted by atomic mass is 35.5. The highest BCUT2D eigenvalue weighted by Gasteiger charge is 2.17. The fourth-order valence-electron chi connectivity index (χ4n) is 3.08. The molecule has 0 unspecified atom stereocenters. The third kappa shape index (κ3) is 3.92. The van der Waals surface area contributed by atoms with Gasteiger partial charge in [0.1, 0.15) is 12.4 Å². The molecule has 0 aliphatic rings. The lowest BCUT2D eigenvalue weighted by Gasteiger charge is -2.07. The molecule has 9 heteroatoms. The monoisotopic (exact) mass is 429 g/mol. The number of pyridine rings is 2. The molecule has 1 aromatic carbocycles. The molecular weight excluding hydrogens is 416 g/mol. The topological polar surface area (TPSA) is 72.7 Å². The van der Waals surface area contributed by atoms with Gasteiger partial charge in [-0.15, -0.1) is 0 Å². The van der Waals surface area contributed by atoms with E-state index in [9.17, 15) is 9.18 Å². The van der Waals surface area contributed by atoms with Crippen molar-refractivity contribution >= 4 is 46.0 Å². The highest BCUT2D eigenvalue weighted by molar-refractivity contribution is 6.36. The van der Waals surface area contributed by atoms with Crippen molar-refractivity contribution < 1.29 is 9.18 Å². The lowest BCUT2D eigenvalue weighted by atomic mass is 10.0. The Morgan fingerprint density at radius 2 is 1.93 bits per heavy atom. The molecule has 3 heterocycles. The fourth-order valence-corrected chi connectivity index (χ4v) is 3.50. The van der Waals surface area contributed by atoms with E-state index in [2.05, 4.69) is 20.4 Å². The molecule has 0 aliphatic carbocycles. The number of halogens is 3. The number of aryl methyl sites for hydroxylation is 1. The van der Waals surface area contributed by atoms with Crippen LogP contribution in [0.3, 0.4) is 0 Å². The third-order valence-corrected chi connectivity index (χ3v) is 4.82. The van der Waals surface area contributed by atoms with Gasteiger partial charge in [0.25, 0.3) is 0 Å². The zero-order valence-electron chi connectivity index (χ0n) is 15.2. The summed E-state index contributed by atoms with van der Waals surface area (Å²) in [4.78, 5) is 20.9. The summed E-state index contributed by atoms with van der Waals surface area (Å²) in [5.41, 5.74) is 2.96. The molecular formula is C20H14Cl2FN5O. The minimum atomic E-state index is -0.361. The maximum Gasteiger partial charge on any atom is 0.247 e. The van der Waals surface area contributed by atoms with Gasteiger partial charge in [0, 0.05) is 17.8 Å². The van der Waals surface area contributed by atoms with Crippen LogP contribution < -0.4 is 5.32 Å². The number of hydrogen-bond acceptors (Lipinski definition) is 4. The van der Waals surface area contributed by atoms with Gasteiger partial charge in [-0.25, -0.2) is 19.0 Å². The number of fused-ring (bicyclic) bond motifs is 1. The van der Waals surface area contributed by atoms with Gasteiger partial charge in [-0.05, 0) is 42.3 Å². The van der Waals surface area contributed by atoms with Gasteiger partial charge in [-0.1, -0.05) is 35.3 Å². The second-order valence-electron chi connectivity index (χ2n) is 6.34. The number of anilines is 1. The quantitative estimate of drug-likeness (QED) is 0.501. The molecule has 0 saturated carbocycles. The van der Waals surface area contributed by atoms with E-state index >= 15 is 0 Å². The van der Waals surface area contributed by atoms with Crippen molar-refractivity contribution in [2.45, 2.75) is 13.5 Å². The van der Waals surface area contributed by atoms with E-state index in [0.29, 0.717) is 16.4 Å². The molecule has 0 atom stereocenters. The summed E-state index contributed by atoms with van der Waals surface area (Å²) in [6, 6.07) is 9.53. The van der Waals surface area contributed by atoms with Crippen molar-refractivity contribution in [2.75, 3.05) is 5.32 Å². The van der Waals surface area contributed by atoms with Crippen LogP contribution in [0.1, 0.15) is 5.69 Å². The number of benzene rings is 1. The van der Waals surface area contributed by atoms with Crippen LogP contribution in [0, 0.1) is 12.7 Å². The Morgan fingerprint density at radius 3 is 2.66 bits per heavy atom. The standard InChI is InChI=1S/C20H14Cl2FN5O/c1-11-18-15(12-2-4-14(23)5-3-12)6-7-24-20(18)28(27-11)10-17(29)26-19-16(22)8-13(21)9-25-19/h2-9H,10H2,1H3,(H,25,26,29). The molecule has 4 aromatic rings. The van der Waals surface area contributed by atoms with E-state index in [4.69, 9.17) is 23.2 Å². The SMILES string of the molecule is Cc1nn(CC(=O)Nc2ncc(Cl)cc2Cl)c2nccc(-c3ccc(F)cc3)c12. The average Bonchev–Trinajstić information content (AvgIpc) is 3.00. The molecule has 1 N–H and O–H groups in total. The largest absolute Gasteiger partial charge is 0.308 e. The Morgan fingerprint density at radius 1 is 1.17 bits per heavy atom. The first-order valence-electron chi connectivity index (χ1n) is 8.61. The molecule has 0 spiro atoms. The van der Waals surface area contributed by atoms with Crippen molar-refractivity contribution in [3.63, 3.8) is 0 Å². The first-order chi connectivity index (χ1) is 13.9. The molecule has 0 bridgehead atoms. The average molecular weight is 430 g/mol. The van der Waals surface area contributed by atoms with E-state index in [-0.39, 0.29) is 29.1 Å². The van der Waals surface area contributed by atoms with Crippen LogP contribution in [0.15, 0.2) is 48.8 Å². The molecule has 0 aliphatic heterocycles. The molecule has 3 aromatic heterocycles. The molecule has 1 amide bonds. The smallest absolute Gasteiger partial charge is 0.247 e. The van der Waals surface area contributed by atoms with Crippen LogP contribution in [0.2, 0.25) is 10.0 Å². The van der Waals surface area contributed by atoms with Gasteiger partial charge in [0.05, 0.1) is 15.7 Å². The summed E-state index contributed by atoms with van der Waals surface area (Å²) in [6.45, 7) is 1.76. The zero-order valence-corrected chi connectivity index (χ0v) is 16.7. The minimum absolute atomic E-state index is 0.0785. The molecule has 0 radical (unpaired) electrons. The number of nitrogens with zero attached hydrogens (tertiary/aromatic N) is 4. The molecule has 0 fully saturated rings. The van der Waals surface area contributed by atoms with Gasteiger partial charge in [-0.3, -0.25) is 4.79 Å². The van der Waals surface area contributed by atoms with Crippen LogP contribution in [-0.2, 0) is 11.3 Å². The predicted molar refractivity (Wildman–Crippen MR) is 111 cm³/mol. The zero-order chi connectivity index (χ0) is 20.5. The van der Waals surface area contributed by atoms with E-state index in [1.165, 1.54) is 29.1 Å². The summed E-state index contributed by atoms with van der Waals surface area (Å²) in [5.74, 6) is -0.452. The summed E-state index contributed by atoms with van der Waals surface area (Å²) < 4.78 is 14.8. The Labute approximate surface area is 175 Å². The third-order valence-electron chi connectivity index (χ3n) is 4.32. The molecule has 4 rings (SSSR count). The van der Waals surface area contributed by atoms with E-state index in [1.807, 2.05) is 13.0 Å². The van der Waals surface area contributed by atoms with Crippen LogP contribution >= 0.6 is 23.2 Å². The van der Waals surface area contributed by atoms with Crippen molar-refractivity contribution in [3.05, 3.63) is 70.3 Å². The lowest BCUT2D eigenvalue weighted by molar-refractivity contribution is -0.116. The second-order valence-corrected chi connectivity index (χ2v) is 7.18. The molecule has 0 saturated heterocycles. The number of carbonyl (C=O) groups is 1. The number of nitrogens with one attached hydrogen (secondary N) is 1. The first kappa shape index (κ1) is 19.3. The van der Waals surface area contributed by atoms with E-state index in [0.717, 1.165) is 16.5 Å². The maximum atomic E-state index is 13.3. The van der Waals surface area contributed by atoms with Crippen LogP contribution in [0.25, 0.3) is 22.2 Å². The van der Waals surface area contributed by atoms with Crippen LogP contribution in [-0.4, -0.2) is 25.7 Å². The Bertz CT molecular complexity index is 1220. The number of carbonyl (C=O) groups excluding carboxylic acids is 1. The van der Waals surface area contributed by atoms with Crippen molar-refractivity contribution in [3.8, 4) is 11.1 Å². The number of amides is 1. The Kier molecular flexibility index (Phi) is 5.17. The Balaban J connectivity index is 1.66. The summed E-state index contributed by atoms with van der Waals surface area (Å²) in [6.07, 6.45) is 3.03. The molecule has 6 nitrogen and oxygen atoms in total. The van der Waals surface area contributed by atoms with Crippen molar-refractivity contribution in [2.24, 2.45) is 0 Å². The lowest BCUT2D eigenvalue weighted by Crippen LogP contribution is -2.20. The number of rotatable bonds is 4. The van der Waals surface area contributed by atoms with Gasteiger partial charge in [0.2, 0.25) is 5.91 Å². The van der Waals surface area contributed by atoms with Gasteiger partial charge >= 0.3 is 0 Å². The highest BCUT2D eigenvalue weighted by Crippen LogP contribution is 2.30. The Hall–Kier alpha value is -3.03. The van der Waals surface area contributed by atoms with E-state index in [1.54, 1.807) is 18.3 Å². The molecule has 146 valence electrons. The van der Waals surface area contributed by atoms with Crippen LogP contribution in [0.4, 0.5) is 10.2 Å². The summed E-state index contributed by atoms with van der Waals surface area (Å²) in [7, 11) is 0. The van der Waals surface area contributed by atoms with Gasteiger partial charge < -0.3 is 5.32 Å². The minimum Gasteiger partial charge on any atom is -0.308 e. The van der Waals surface area contributed by atoms with Crippen molar-refractivity contribution in [1.29, 1.82) is 0 Å². The van der Waals surface area contributed by atoms with E-state index < -0.39 is 0 Å². The number of hydrogen-bond donors (Lipinski definition) is 1. The first-order valence-corrected chi connectivity index (χ1v) is 9.37. The fraction of sp³-hybridized carbons (Fsp3) is 0.100. The predicted octanol–water partition coefficient (Wildman–Crippen LogP) is 4.89. The summed E-state index contributed by atoms with van der Waals surface area (Å²) >= 11 is 11.9. The normalized spacial score (nSPS) is 11.0. The van der Waals surface area contributed by atoms with Gasteiger partial charge in [-0.2, -0.15) is 5.10 Å². The molecule has 29 heavy (non-hydrogen) atoms. The summed E-state index contributed by atoms with van der Waals surface area (Å²) in [5, 5.41) is 8.51. The van der Waals surface area contributed by atoms with Gasteiger partial charge in [0.15, 0.2) is 11.5 Å². The van der Waals surface area contributed by atoms with Crippen molar-refractivity contribution in [1.82, 2.24) is 19.7 Å². The maximum absolute atomic E-state index is 13.3. The number of aromatic nitrogens is 4.